The zero-order chi connectivity index (χ0) is 16.3. The molecule has 0 bridgehead atoms. The number of nitro groups is 1. The molecular formula is C13H13N3O4S2. The van der Waals surface area contributed by atoms with Gasteiger partial charge in [-0.3, -0.25) is 10.1 Å². The highest BCUT2D eigenvalue weighted by Gasteiger charge is 2.19. The van der Waals surface area contributed by atoms with E-state index in [0.29, 0.717) is 5.56 Å². The number of hydrogen-bond donors (Lipinski definition) is 1. The van der Waals surface area contributed by atoms with Crippen LogP contribution in [0.3, 0.4) is 0 Å². The van der Waals surface area contributed by atoms with Crippen molar-refractivity contribution in [1.82, 2.24) is 4.83 Å². The molecule has 7 nitrogen and oxygen atoms in total. The average Bonchev–Trinajstić information content (AvgIpc) is 2.84. The Balaban J connectivity index is 2.22. The number of nitrogens with one attached hydrogen (secondary N) is 1. The smallest absolute Gasteiger partial charge is 0.258 e. The summed E-state index contributed by atoms with van der Waals surface area (Å²) in [5.74, 6) is 0. The van der Waals surface area contributed by atoms with Crippen LogP contribution in [-0.2, 0) is 10.0 Å². The third-order valence-corrected chi connectivity index (χ3v) is 4.97. The van der Waals surface area contributed by atoms with Crippen molar-refractivity contribution in [2.24, 2.45) is 5.10 Å². The first-order valence-corrected chi connectivity index (χ1v) is 8.46. The SMILES string of the molecule is Cc1ccc(/C=N\NS(=O)(=O)c2ccc(C)c([N+](=O)[O-])c2)s1. The van der Waals surface area contributed by atoms with E-state index in [1.807, 2.05) is 23.9 Å². The lowest BCUT2D eigenvalue weighted by Crippen LogP contribution is -2.18. The van der Waals surface area contributed by atoms with E-state index in [-0.39, 0.29) is 10.6 Å². The van der Waals surface area contributed by atoms with Crippen LogP contribution in [0.25, 0.3) is 0 Å². The minimum absolute atomic E-state index is 0.204. The summed E-state index contributed by atoms with van der Waals surface area (Å²) in [7, 11) is -3.94. The summed E-state index contributed by atoms with van der Waals surface area (Å²) in [6.45, 7) is 3.47. The van der Waals surface area contributed by atoms with Crippen LogP contribution in [0.4, 0.5) is 5.69 Å². The van der Waals surface area contributed by atoms with Crippen LogP contribution in [0.1, 0.15) is 15.3 Å². The molecule has 116 valence electrons. The monoisotopic (exact) mass is 339 g/mol. The molecular weight excluding hydrogens is 326 g/mol. The number of rotatable bonds is 5. The van der Waals surface area contributed by atoms with Crippen LogP contribution in [0.15, 0.2) is 40.3 Å². The molecule has 0 amide bonds. The van der Waals surface area contributed by atoms with E-state index >= 15 is 0 Å². The van der Waals surface area contributed by atoms with Crippen LogP contribution in [0, 0.1) is 24.0 Å². The van der Waals surface area contributed by atoms with Gasteiger partial charge in [-0.05, 0) is 32.0 Å². The molecule has 0 atom stereocenters. The maximum atomic E-state index is 12.1. The van der Waals surface area contributed by atoms with Crippen LogP contribution >= 0.6 is 11.3 Å². The summed E-state index contributed by atoms with van der Waals surface area (Å²) in [5, 5.41) is 14.5. The summed E-state index contributed by atoms with van der Waals surface area (Å²) in [6, 6.07) is 7.41. The summed E-state index contributed by atoms with van der Waals surface area (Å²) in [6.07, 6.45) is 1.39. The van der Waals surface area contributed by atoms with E-state index in [1.165, 1.54) is 29.7 Å². The van der Waals surface area contributed by atoms with Crippen LogP contribution in [-0.4, -0.2) is 19.6 Å². The van der Waals surface area contributed by atoms with Gasteiger partial charge in [0.15, 0.2) is 0 Å². The number of thiophene rings is 1. The van der Waals surface area contributed by atoms with Gasteiger partial charge in [-0.15, -0.1) is 11.3 Å². The minimum atomic E-state index is -3.94. The maximum Gasteiger partial charge on any atom is 0.276 e. The van der Waals surface area contributed by atoms with Crippen molar-refractivity contribution in [3.05, 3.63) is 55.8 Å². The van der Waals surface area contributed by atoms with Gasteiger partial charge < -0.3 is 0 Å². The van der Waals surface area contributed by atoms with E-state index in [4.69, 9.17) is 0 Å². The summed E-state index contributed by atoms with van der Waals surface area (Å²) >= 11 is 1.47. The standard InChI is InChI=1S/C13H13N3O4S2/c1-9-3-6-12(7-13(9)16(17)18)22(19,20)15-14-8-11-5-4-10(2)21-11/h3-8,15H,1-2H3/b14-8-. The van der Waals surface area contributed by atoms with Crippen molar-refractivity contribution in [2.45, 2.75) is 18.7 Å². The van der Waals surface area contributed by atoms with Gasteiger partial charge in [0, 0.05) is 21.4 Å². The highest BCUT2D eigenvalue weighted by molar-refractivity contribution is 7.89. The quantitative estimate of drug-likeness (QED) is 0.514. The predicted molar refractivity (Wildman–Crippen MR) is 84.8 cm³/mol. The first kappa shape index (κ1) is 16.1. The molecule has 0 saturated carbocycles. The molecule has 1 aromatic heterocycles. The van der Waals surface area contributed by atoms with Crippen molar-refractivity contribution in [2.75, 3.05) is 0 Å². The van der Waals surface area contributed by atoms with Gasteiger partial charge in [0.2, 0.25) is 0 Å². The topological polar surface area (TPSA) is 102 Å². The van der Waals surface area contributed by atoms with Gasteiger partial charge in [0.05, 0.1) is 16.0 Å². The average molecular weight is 339 g/mol. The van der Waals surface area contributed by atoms with E-state index in [0.717, 1.165) is 15.8 Å². The highest BCUT2D eigenvalue weighted by Crippen LogP contribution is 2.22. The zero-order valence-electron chi connectivity index (χ0n) is 11.8. The number of sulfonamides is 1. The van der Waals surface area contributed by atoms with Crippen LogP contribution in [0.5, 0.6) is 0 Å². The van der Waals surface area contributed by atoms with Crippen molar-refractivity contribution in [1.29, 1.82) is 0 Å². The van der Waals surface area contributed by atoms with Crippen LogP contribution < -0.4 is 4.83 Å². The molecule has 2 aromatic rings. The second-order valence-electron chi connectivity index (χ2n) is 4.51. The maximum absolute atomic E-state index is 12.1. The molecule has 22 heavy (non-hydrogen) atoms. The molecule has 1 N–H and O–H groups in total. The number of hydrazone groups is 1. The van der Waals surface area contributed by atoms with Gasteiger partial charge in [-0.2, -0.15) is 13.5 Å². The Labute approximate surface area is 131 Å². The Hall–Kier alpha value is -2.26. The lowest BCUT2D eigenvalue weighted by Gasteiger charge is -2.04. The Kier molecular flexibility index (Phi) is 4.57. The highest BCUT2D eigenvalue weighted by atomic mass is 32.2. The summed E-state index contributed by atoms with van der Waals surface area (Å²) in [4.78, 5) is 14.0. The second kappa shape index (κ2) is 6.24. The van der Waals surface area contributed by atoms with Gasteiger partial charge in [-0.25, -0.2) is 4.83 Å². The van der Waals surface area contributed by atoms with Crippen molar-refractivity contribution < 1.29 is 13.3 Å². The molecule has 0 radical (unpaired) electrons. The lowest BCUT2D eigenvalue weighted by atomic mass is 10.2. The molecule has 0 aliphatic carbocycles. The molecule has 0 spiro atoms. The molecule has 0 saturated heterocycles. The number of nitro benzene ring substituents is 1. The van der Waals surface area contributed by atoms with E-state index in [9.17, 15) is 18.5 Å². The Morgan fingerprint density at radius 1 is 1.27 bits per heavy atom. The van der Waals surface area contributed by atoms with Gasteiger partial charge in [-0.1, -0.05) is 6.07 Å². The molecule has 0 unspecified atom stereocenters. The summed E-state index contributed by atoms with van der Waals surface area (Å²) in [5.41, 5.74) is 0.141. The largest absolute Gasteiger partial charge is 0.276 e. The molecule has 1 aromatic carbocycles. The Bertz CT molecular complexity index is 841. The van der Waals surface area contributed by atoms with Gasteiger partial charge in [0.25, 0.3) is 15.7 Å². The third kappa shape index (κ3) is 3.68. The van der Waals surface area contributed by atoms with E-state index in [1.54, 1.807) is 6.92 Å². The van der Waals surface area contributed by atoms with Crippen molar-refractivity contribution in [3.8, 4) is 0 Å². The zero-order valence-corrected chi connectivity index (χ0v) is 13.4. The molecule has 0 aliphatic rings. The second-order valence-corrected chi connectivity index (χ2v) is 7.49. The predicted octanol–water partition coefficient (Wildman–Crippen LogP) is 2.59. The minimum Gasteiger partial charge on any atom is -0.258 e. The van der Waals surface area contributed by atoms with Gasteiger partial charge >= 0.3 is 0 Å². The third-order valence-electron chi connectivity index (χ3n) is 2.81. The first-order chi connectivity index (χ1) is 10.3. The molecule has 9 heteroatoms. The van der Waals surface area contributed by atoms with E-state index in [2.05, 4.69) is 5.10 Å². The number of hydrogen-bond acceptors (Lipinski definition) is 6. The normalized spacial score (nSPS) is 11.7. The van der Waals surface area contributed by atoms with E-state index < -0.39 is 14.9 Å². The fraction of sp³-hybridized carbons (Fsp3) is 0.154. The van der Waals surface area contributed by atoms with Crippen molar-refractivity contribution in [3.63, 3.8) is 0 Å². The molecule has 2 rings (SSSR count). The molecule has 0 fully saturated rings. The fourth-order valence-corrected chi connectivity index (χ4v) is 3.25. The molecule has 1 heterocycles. The fourth-order valence-electron chi connectivity index (χ4n) is 1.69. The Morgan fingerprint density at radius 3 is 2.59 bits per heavy atom. The number of nitrogens with zero attached hydrogens (tertiary/aromatic N) is 2. The Morgan fingerprint density at radius 2 is 2.00 bits per heavy atom. The molecule has 0 aliphatic heterocycles. The number of benzene rings is 1. The number of aryl methyl sites for hydroxylation is 2. The summed E-state index contributed by atoms with van der Waals surface area (Å²) < 4.78 is 24.1. The first-order valence-electron chi connectivity index (χ1n) is 6.16. The lowest BCUT2D eigenvalue weighted by molar-refractivity contribution is -0.385. The van der Waals surface area contributed by atoms with Gasteiger partial charge in [0.1, 0.15) is 0 Å². The van der Waals surface area contributed by atoms with Crippen LogP contribution in [0.2, 0.25) is 0 Å². The van der Waals surface area contributed by atoms with Crippen molar-refractivity contribution >= 4 is 33.3 Å².